The minimum atomic E-state index is 0.325. The maximum Gasteiger partial charge on any atom is 0.138 e. The SMILES string of the molecule is CCc1ccc(O)c(NC(C)C)c1. The van der Waals surface area contributed by atoms with E-state index in [0.717, 1.165) is 12.1 Å². The van der Waals surface area contributed by atoms with Crippen LogP contribution in [0.5, 0.6) is 5.75 Å². The van der Waals surface area contributed by atoms with E-state index in [9.17, 15) is 5.11 Å². The van der Waals surface area contributed by atoms with Crippen LogP contribution in [0.2, 0.25) is 0 Å². The molecule has 2 nitrogen and oxygen atoms in total. The molecule has 0 aliphatic carbocycles. The maximum absolute atomic E-state index is 9.52. The smallest absolute Gasteiger partial charge is 0.138 e. The molecule has 0 amide bonds. The van der Waals surface area contributed by atoms with Gasteiger partial charge in [-0.3, -0.25) is 0 Å². The van der Waals surface area contributed by atoms with Crippen LogP contribution in [0.15, 0.2) is 18.2 Å². The first-order chi connectivity index (χ1) is 6.13. The van der Waals surface area contributed by atoms with E-state index in [0.29, 0.717) is 11.8 Å². The largest absolute Gasteiger partial charge is 0.506 e. The van der Waals surface area contributed by atoms with E-state index in [2.05, 4.69) is 26.1 Å². The molecule has 0 aliphatic heterocycles. The Bertz CT molecular complexity index is 281. The molecule has 1 rings (SSSR count). The van der Waals surface area contributed by atoms with Gasteiger partial charge in [-0.15, -0.1) is 0 Å². The van der Waals surface area contributed by atoms with Crippen molar-refractivity contribution >= 4 is 5.69 Å². The third kappa shape index (κ3) is 2.65. The second-order valence-electron chi connectivity index (χ2n) is 3.50. The topological polar surface area (TPSA) is 32.3 Å². The molecule has 72 valence electrons. The van der Waals surface area contributed by atoms with Gasteiger partial charge in [-0.1, -0.05) is 13.0 Å². The highest BCUT2D eigenvalue weighted by molar-refractivity contribution is 5.57. The molecule has 0 aliphatic rings. The lowest BCUT2D eigenvalue weighted by Crippen LogP contribution is -2.09. The van der Waals surface area contributed by atoms with Crippen molar-refractivity contribution in [3.05, 3.63) is 23.8 Å². The zero-order valence-electron chi connectivity index (χ0n) is 8.46. The molecule has 13 heavy (non-hydrogen) atoms. The van der Waals surface area contributed by atoms with E-state index in [1.165, 1.54) is 5.56 Å². The van der Waals surface area contributed by atoms with E-state index < -0.39 is 0 Å². The Labute approximate surface area is 79.6 Å². The average Bonchev–Trinajstić information content (AvgIpc) is 2.08. The molecule has 0 bridgehead atoms. The molecule has 2 N–H and O–H groups in total. The summed E-state index contributed by atoms with van der Waals surface area (Å²) in [5.41, 5.74) is 2.07. The minimum absolute atomic E-state index is 0.325. The van der Waals surface area contributed by atoms with Crippen LogP contribution in [-0.4, -0.2) is 11.1 Å². The van der Waals surface area contributed by atoms with Crippen molar-refractivity contribution in [3.63, 3.8) is 0 Å². The number of nitrogens with one attached hydrogen (secondary N) is 1. The summed E-state index contributed by atoms with van der Waals surface area (Å²) in [6.45, 7) is 6.21. The van der Waals surface area contributed by atoms with E-state index >= 15 is 0 Å². The van der Waals surface area contributed by atoms with Crippen LogP contribution in [0.4, 0.5) is 5.69 Å². The van der Waals surface area contributed by atoms with Crippen molar-refractivity contribution in [2.24, 2.45) is 0 Å². The van der Waals surface area contributed by atoms with Crippen LogP contribution >= 0.6 is 0 Å². The maximum atomic E-state index is 9.52. The van der Waals surface area contributed by atoms with Gasteiger partial charge in [0.2, 0.25) is 0 Å². The first kappa shape index (κ1) is 9.90. The third-order valence-corrected chi connectivity index (χ3v) is 1.91. The molecular weight excluding hydrogens is 162 g/mol. The lowest BCUT2D eigenvalue weighted by atomic mass is 10.1. The number of aryl methyl sites for hydroxylation is 1. The minimum Gasteiger partial charge on any atom is -0.506 e. The summed E-state index contributed by atoms with van der Waals surface area (Å²) >= 11 is 0. The van der Waals surface area contributed by atoms with Crippen LogP contribution in [0.25, 0.3) is 0 Å². The highest BCUT2D eigenvalue weighted by atomic mass is 16.3. The first-order valence-corrected chi connectivity index (χ1v) is 4.72. The fourth-order valence-electron chi connectivity index (χ4n) is 1.23. The monoisotopic (exact) mass is 179 g/mol. The first-order valence-electron chi connectivity index (χ1n) is 4.72. The van der Waals surface area contributed by atoms with Crippen molar-refractivity contribution in [3.8, 4) is 5.75 Å². The van der Waals surface area contributed by atoms with Crippen LogP contribution in [0.1, 0.15) is 26.3 Å². The quantitative estimate of drug-likeness (QED) is 0.699. The van der Waals surface area contributed by atoms with E-state index in [4.69, 9.17) is 0 Å². The molecule has 1 aromatic rings. The summed E-state index contributed by atoms with van der Waals surface area (Å²) in [5.74, 6) is 0.325. The molecule has 0 saturated heterocycles. The van der Waals surface area contributed by atoms with Crippen LogP contribution in [-0.2, 0) is 6.42 Å². The van der Waals surface area contributed by atoms with E-state index in [1.807, 2.05) is 12.1 Å². The average molecular weight is 179 g/mol. The molecular formula is C11H17NO. The molecule has 0 unspecified atom stereocenters. The molecule has 0 spiro atoms. The van der Waals surface area contributed by atoms with Gasteiger partial charge in [0.05, 0.1) is 5.69 Å². The Morgan fingerprint density at radius 1 is 1.38 bits per heavy atom. The van der Waals surface area contributed by atoms with Crippen molar-refractivity contribution in [1.82, 2.24) is 0 Å². The van der Waals surface area contributed by atoms with Gasteiger partial charge in [-0.2, -0.15) is 0 Å². The second-order valence-corrected chi connectivity index (χ2v) is 3.50. The number of rotatable bonds is 3. The van der Waals surface area contributed by atoms with Gasteiger partial charge < -0.3 is 10.4 Å². The van der Waals surface area contributed by atoms with Crippen molar-refractivity contribution in [2.75, 3.05) is 5.32 Å². The van der Waals surface area contributed by atoms with Crippen LogP contribution in [0, 0.1) is 0 Å². The van der Waals surface area contributed by atoms with Gasteiger partial charge in [0.1, 0.15) is 5.75 Å². The summed E-state index contributed by atoms with van der Waals surface area (Å²) in [7, 11) is 0. The summed E-state index contributed by atoms with van der Waals surface area (Å²) in [6.07, 6.45) is 0.993. The molecule has 0 atom stereocenters. The van der Waals surface area contributed by atoms with Crippen LogP contribution < -0.4 is 5.32 Å². The molecule has 2 heteroatoms. The number of anilines is 1. The molecule has 0 fully saturated rings. The van der Waals surface area contributed by atoms with Crippen molar-refractivity contribution in [1.29, 1.82) is 0 Å². The Morgan fingerprint density at radius 2 is 2.08 bits per heavy atom. The number of benzene rings is 1. The highest BCUT2D eigenvalue weighted by Crippen LogP contribution is 2.24. The highest BCUT2D eigenvalue weighted by Gasteiger charge is 2.02. The number of phenolic OH excluding ortho intramolecular Hbond substituents is 1. The summed E-state index contributed by atoms with van der Waals surface area (Å²) in [4.78, 5) is 0. The number of aromatic hydroxyl groups is 1. The summed E-state index contributed by atoms with van der Waals surface area (Å²) in [6, 6.07) is 6.03. The fraction of sp³-hybridized carbons (Fsp3) is 0.455. The lowest BCUT2D eigenvalue weighted by Gasteiger charge is -2.12. The van der Waals surface area contributed by atoms with Gasteiger partial charge in [0, 0.05) is 6.04 Å². The standard InChI is InChI=1S/C11H17NO/c1-4-9-5-6-11(13)10(7-9)12-8(2)3/h5-8,12-13H,4H2,1-3H3. The Hall–Kier alpha value is -1.18. The van der Waals surface area contributed by atoms with Gasteiger partial charge in [-0.25, -0.2) is 0 Å². The molecule has 0 radical (unpaired) electrons. The Morgan fingerprint density at radius 3 is 2.62 bits per heavy atom. The Kier molecular flexibility index (Phi) is 3.18. The Balaban J connectivity index is 2.90. The van der Waals surface area contributed by atoms with Crippen molar-refractivity contribution in [2.45, 2.75) is 33.2 Å². The zero-order chi connectivity index (χ0) is 9.84. The number of hydrogen-bond donors (Lipinski definition) is 2. The second kappa shape index (κ2) is 4.17. The normalized spacial score (nSPS) is 10.5. The predicted octanol–water partition coefficient (Wildman–Crippen LogP) is 2.77. The van der Waals surface area contributed by atoms with Gasteiger partial charge in [-0.05, 0) is 38.0 Å². The molecule has 0 heterocycles. The fourth-order valence-corrected chi connectivity index (χ4v) is 1.23. The molecule has 1 aromatic carbocycles. The number of hydrogen-bond acceptors (Lipinski definition) is 2. The number of phenols is 1. The van der Waals surface area contributed by atoms with Crippen molar-refractivity contribution < 1.29 is 5.11 Å². The lowest BCUT2D eigenvalue weighted by molar-refractivity contribution is 0.476. The summed E-state index contributed by atoms with van der Waals surface area (Å²) < 4.78 is 0. The summed E-state index contributed by atoms with van der Waals surface area (Å²) in [5, 5.41) is 12.7. The third-order valence-electron chi connectivity index (χ3n) is 1.91. The molecule has 0 saturated carbocycles. The van der Waals surface area contributed by atoms with Gasteiger partial charge in [0.15, 0.2) is 0 Å². The van der Waals surface area contributed by atoms with E-state index in [-0.39, 0.29) is 0 Å². The van der Waals surface area contributed by atoms with Gasteiger partial charge >= 0.3 is 0 Å². The van der Waals surface area contributed by atoms with Crippen LogP contribution in [0.3, 0.4) is 0 Å². The zero-order valence-corrected chi connectivity index (χ0v) is 8.46. The van der Waals surface area contributed by atoms with Gasteiger partial charge in [0.25, 0.3) is 0 Å². The van der Waals surface area contributed by atoms with E-state index in [1.54, 1.807) is 6.07 Å². The predicted molar refractivity (Wildman–Crippen MR) is 56.2 cm³/mol. The molecule has 0 aromatic heterocycles.